The molecule has 0 bridgehead atoms. The molecule has 4 nitrogen and oxygen atoms in total. The van der Waals surface area contributed by atoms with Gasteiger partial charge < -0.3 is 9.88 Å². The van der Waals surface area contributed by atoms with Crippen LogP contribution in [-0.4, -0.2) is 22.0 Å². The Balaban J connectivity index is 1.70. The number of aryl methyl sites for hydroxylation is 2. The molecule has 2 aromatic rings. The number of nitrogens with zero attached hydrogens (tertiary/aromatic N) is 2. The second-order valence-electron chi connectivity index (χ2n) is 7.13. The molecule has 1 aromatic carbocycles. The van der Waals surface area contributed by atoms with E-state index in [0.29, 0.717) is 24.1 Å². The van der Waals surface area contributed by atoms with Crippen molar-refractivity contribution in [2.75, 3.05) is 6.54 Å². The Labute approximate surface area is 144 Å². The topological polar surface area (TPSA) is 46.9 Å². The van der Waals surface area contributed by atoms with Gasteiger partial charge in [0.2, 0.25) is 0 Å². The number of fused-ring (bicyclic) bond motifs is 1. The lowest BCUT2D eigenvalue weighted by atomic mass is 9.91. The first-order chi connectivity index (χ1) is 11.6. The summed E-state index contributed by atoms with van der Waals surface area (Å²) in [6.45, 7) is 7.96. The molecule has 2 heterocycles. The van der Waals surface area contributed by atoms with Crippen molar-refractivity contribution in [2.45, 2.75) is 52.5 Å². The van der Waals surface area contributed by atoms with Gasteiger partial charge in [-0.3, -0.25) is 4.79 Å². The molecular weight excluding hydrogens is 298 g/mol. The third kappa shape index (κ3) is 3.69. The van der Waals surface area contributed by atoms with Gasteiger partial charge in [-0.05, 0) is 29.9 Å². The Kier molecular flexibility index (Phi) is 5.03. The summed E-state index contributed by atoms with van der Waals surface area (Å²) in [5, 5.41) is 2.95. The molecule has 0 spiro atoms. The largest absolute Gasteiger partial charge is 0.350 e. The lowest BCUT2D eigenvalue weighted by Crippen LogP contribution is -2.27. The number of carbonyl (C=O) groups excluding carboxylic acids is 1. The lowest BCUT2D eigenvalue weighted by molar-refractivity contribution is 0.0944. The standard InChI is InChI=1S/C20H27N3O/c1-4-15-5-7-16(8-6-15)17-9-10-19-22-18(13-23(19)12-17)20(24)21-11-14(2)3/h5-8,13-14,17H,4,9-12H2,1-3H3,(H,21,24). The molecule has 0 saturated heterocycles. The van der Waals surface area contributed by atoms with E-state index in [-0.39, 0.29) is 5.91 Å². The van der Waals surface area contributed by atoms with Crippen molar-refractivity contribution in [3.8, 4) is 0 Å². The van der Waals surface area contributed by atoms with Crippen LogP contribution in [-0.2, 0) is 19.4 Å². The predicted octanol–water partition coefficient (Wildman–Crippen LogP) is 3.56. The highest BCUT2D eigenvalue weighted by Gasteiger charge is 2.23. The number of imidazole rings is 1. The van der Waals surface area contributed by atoms with Crippen molar-refractivity contribution >= 4 is 5.91 Å². The van der Waals surface area contributed by atoms with E-state index in [2.05, 4.69) is 59.9 Å². The van der Waals surface area contributed by atoms with Crippen LogP contribution >= 0.6 is 0 Å². The van der Waals surface area contributed by atoms with Crippen LogP contribution in [0, 0.1) is 5.92 Å². The van der Waals surface area contributed by atoms with Crippen molar-refractivity contribution in [3.05, 3.63) is 53.1 Å². The van der Waals surface area contributed by atoms with Gasteiger partial charge in [-0.15, -0.1) is 0 Å². The lowest BCUT2D eigenvalue weighted by Gasteiger charge is -2.24. The molecule has 1 N–H and O–H groups in total. The van der Waals surface area contributed by atoms with Crippen molar-refractivity contribution in [2.24, 2.45) is 5.92 Å². The van der Waals surface area contributed by atoms with E-state index in [1.54, 1.807) is 0 Å². The van der Waals surface area contributed by atoms with Gasteiger partial charge >= 0.3 is 0 Å². The highest BCUT2D eigenvalue weighted by molar-refractivity contribution is 5.92. The molecule has 0 aliphatic carbocycles. The van der Waals surface area contributed by atoms with Crippen LogP contribution in [0.15, 0.2) is 30.5 Å². The highest BCUT2D eigenvalue weighted by Crippen LogP contribution is 2.29. The average molecular weight is 325 g/mol. The number of hydrogen-bond acceptors (Lipinski definition) is 2. The first kappa shape index (κ1) is 16.7. The van der Waals surface area contributed by atoms with Crippen molar-refractivity contribution in [3.63, 3.8) is 0 Å². The summed E-state index contributed by atoms with van der Waals surface area (Å²) in [4.78, 5) is 16.7. The summed E-state index contributed by atoms with van der Waals surface area (Å²) in [7, 11) is 0. The minimum Gasteiger partial charge on any atom is -0.350 e. The van der Waals surface area contributed by atoms with Gasteiger partial charge in [0.1, 0.15) is 11.5 Å². The van der Waals surface area contributed by atoms with Gasteiger partial charge in [0.05, 0.1) is 0 Å². The summed E-state index contributed by atoms with van der Waals surface area (Å²) in [5.41, 5.74) is 3.31. The van der Waals surface area contributed by atoms with Gasteiger partial charge in [0, 0.05) is 31.6 Å². The van der Waals surface area contributed by atoms with Gasteiger partial charge in [-0.25, -0.2) is 4.98 Å². The summed E-state index contributed by atoms with van der Waals surface area (Å²) < 4.78 is 2.16. The van der Waals surface area contributed by atoms with E-state index in [1.165, 1.54) is 11.1 Å². The molecule has 24 heavy (non-hydrogen) atoms. The quantitative estimate of drug-likeness (QED) is 0.913. The number of benzene rings is 1. The number of aromatic nitrogens is 2. The van der Waals surface area contributed by atoms with Gasteiger partial charge in [0.15, 0.2) is 0 Å². The van der Waals surface area contributed by atoms with Gasteiger partial charge in [0.25, 0.3) is 5.91 Å². The van der Waals surface area contributed by atoms with E-state index in [9.17, 15) is 4.79 Å². The van der Waals surface area contributed by atoms with Crippen LogP contribution < -0.4 is 5.32 Å². The summed E-state index contributed by atoms with van der Waals surface area (Å²) >= 11 is 0. The molecule has 1 aliphatic rings. The fourth-order valence-corrected chi connectivity index (χ4v) is 3.24. The number of rotatable bonds is 5. The maximum Gasteiger partial charge on any atom is 0.271 e. The minimum absolute atomic E-state index is 0.0607. The van der Waals surface area contributed by atoms with Gasteiger partial charge in [-0.2, -0.15) is 0 Å². The van der Waals surface area contributed by atoms with E-state index in [0.717, 1.165) is 31.6 Å². The fraction of sp³-hybridized carbons (Fsp3) is 0.500. The zero-order chi connectivity index (χ0) is 17.1. The molecule has 0 saturated carbocycles. The normalized spacial score (nSPS) is 16.9. The SMILES string of the molecule is CCc1ccc(C2CCc3nc(C(=O)NCC(C)C)cn3C2)cc1. The maximum absolute atomic E-state index is 12.2. The maximum atomic E-state index is 12.2. The molecule has 1 aliphatic heterocycles. The number of hydrogen-bond donors (Lipinski definition) is 1. The van der Waals surface area contributed by atoms with Crippen LogP contribution in [0.25, 0.3) is 0 Å². The molecule has 1 aromatic heterocycles. The zero-order valence-corrected chi connectivity index (χ0v) is 14.9. The fourth-order valence-electron chi connectivity index (χ4n) is 3.24. The zero-order valence-electron chi connectivity index (χ0n) is 14.9. The second kappa shape index (κ2) is 7.20. The number of carbonyl (C=O) groups is 1. The molecule has 1 unspecified atom stereocenters. The molecular formula is C20H27N3O. The Morgan fingerprint density at radius 2 is 2.08 bits per heavy atom. The minimum atomic E-state index is -0.0607. The monoisotopic (exact) mass is 325 g/mol. The second-order valence-corrected chi connectivity index (χ2v) is 7.13. The molecule has 128 valence electrons. The van der Waals surface area contributed by atoms with E-state index >= 15 is 0 Å². The molecule has 0 radical (unpaired) electrons. The number of nitrogens with one attached hydrogen (secondary N) is 1. The first-order valence-electron chi connectivity index (χ1n) is 9.00. The smallest absolute Gasteiger partial charge is 0.271 e. The summed E-state index contributed by atoms with van der Waals surface area (Å²) in [6, 6.07) is 8.95. The Morgan fingerprint density at radius 1 is 1.33 bits per heavy atom. The Morgan fingerprint density at radius 3 is 2.75 bits per heavy atom. The van der Waals surface area contributed by atoms with E-state index in [4.69, 9.17) is 0 Å². The highest BCUT2D eigenvalue weighted by atomic mass is 16.1. The summed E-state index contributed by atoms with van der Waals surface area (Å²) in [6.07, 6.45) is 5.01. The first-order valence-corrected chi connectivity index (χ1v) is 9.00. The Hall–Kier alpha value is -2.10. The predicted molar refractivity (Wildman–Crippen MR) is 96.3 cm³/mol. The third-order valence-electron chi connectivity index (χ3n) is 4.76. The van der Waals surface area contributed by atoms with Crippen LogP contribution in [0.5, 0.6) is 0 Å². The van der Waals surface area contributed by atoms with Crippen molar-refractivity contribution in [1.82, 2.24) is 14.9 Å². The van der Waals surface area contributed by atoms with E-state index in [1.807, 2.05) is 6.20 Å². The summed E-state index contributed by atoms with van der Waals surface area (Å²) in [5.74, 6) is 1.92. The Bertz CT molecular complexity index is 700. The van der Waals surface area contributed by atoms with Crippen molar-refractivity contribution in [1.29, 1.82) is 0 Å². The molecule has 3 rings (SSSR count). The molecule has 0 fully saturated rings. The van der Waals surface area contributed by atoms with Gasteiger partial charge in [-0.1, -0.05) is 45.0 Å². The molecule has 1 atom stereocenters. The van der Waals surface area contributed by atoms with Crippen LogP contribution in [0.4, 0.5) is 0 Å². The van der Waals surface area contributed by atoms with Crippen LogP contribution in [0.1, 0.15) is 60.5 Å². The van der Waals surface area contributed by atoms with Crippen LogP contribution in [0.2, 0.25) is 0 Å². The molecule has 1 amide bonds. The van der Waals surface area contributed by atoms with Crippen LogP contribution in [0.3, 0.4) is 0 Å². The van der Waals surface area contributed by atoms with E-state index < -0.39 is 0 Å². The average Bonchev–Trinajstić information content (AvgIpc) is 3.03. The third-order valence-corrected chi connectivity index (χ3v) is 4.76. The molecule has 4 heteroatoms. The number of amides is 1. The van der Waals surface area contributed by atoms with Crippen molar-refractivity contribution < 1.29 is 4.79 Å².